The third-order valence-corrected chi connectivity index (χ3v) is 4.96. The average Bonchev–Trinajstić information content (AvgIpc) is 2.94. The van der Waals surface area contributed by atoms with Crippen LogP contribution in [-0.4, -0.2) is 61.7 Å². The zero-order chi connectivity index (χ0) is 12.8. The van der Waals surface area contributed by atoms with Gasteiger partial charge in [-0.1, -0.05) is 0 Å². The van der Waals surface area contributed by atoms with Crippen LogP contribution in [0.3, 0.4) is 0 Å². The summed E-state index contributed by atoms with van der Waals surface area (Å²) < 4.78 is 5.15. The molecule has 2 rings (SSSR count). The van der Waals surface area contributed by atoms with Gasteiger partial charge in [0, 0.05) is 32.0 Å². The predicted molar refractivity (Wildman–Crippen MR) is 74.9 cm³/mol. The van der Waals surface area contributed by atoms with Crippen molar-refractivity contribution in [2.75, 3.05) is 44.9 Å². The number of ether oxygens (including phenoxy) is 1. The molecule has 0 saturated carbocycles. The van der Waals surface area contributed by atoms with Gasteiger partial charge in [0.25, 0.3) is 0 Å². The van der Waals surface area contributed by atoms with Crippen molar-refractivity contribution in [2.45, 2.75) is 25.3 Å². The molecule has 0 aromatic rings. The Labute approximate surface area is 114 Å². The largest absolute Gasteiger partial charge is 0.383 e. The second kappa shape index (κ2) is 7.36. The molecule has 0 aromatic heterocycles. The highest BCUT2D eigenvalue weighted by atomic mass is 32.2. The average molecular weight is 272 g/mol. The lowest BCUT2D eigenvalue weighted by Gasteiger charge is -2.33. The van der Waals surface area contributed by atoms with E-state index in [0.717, 1.165) is 44.6 Å². The molecule has 0 radical (unpaired) electrons. The summed E-state index contributed by atoms with van der Waals surface area (Å²) in [5, 5.41) is 3.33. The number of hydrogen-bond donors (Lipinski definition) is 1. The minimum Gasteiger partial charge on any atom is -0.383 e. The normalized spacial score (nSPS) is 28.3. The van der Waals surface area contributed by atoms with Crippen LogP contribution in [0, 0.1) is 5.92 Å². The summed E-state index contributed by atoms with van der Waals surface area (Å²) in [6.07, 6.45) is 3.30. The van der Waals surface area contributed by atoms with Gasteiger partial charge in [0.2, 0.25) is 5.91 Å². The number of rotatable bonds is 5. The zero-order valence-electron chi connectivity index (χ0n) is 11.2. The van der Waals surface area contributed by atoms with Crippen LogP contribution in [0.15, 0.2) is 0 Å². The van der Waals surface area contributed by atoms with E-state index < -0.39 is 0 Å². The fourth-order valence-electron chi connectivity index (χ4n) is 2.73. The molecule has 18 heavy (non-hydrogen) atoms. The Hall–Kier alpha value is -0.260. The van der Waals surface area contributed by atoms with Crippen LogP contribution < -0.4 is 5.32 Å². The quantitative estimate of drug-likeness (QED) is 0.809. The van der Waals surface area contributed by atoms with Gasteiger partial charge >= 0.3 is 0 Å². The van der Waals surface area contributed by atoms with Gasteiger partial charge in [-0.3, -0.25) is 4.79 Å². The van der Waals surface area contributed by atoms with Crippen LogP contribution in [0.4, 0.5) is 0 Å². The SMILES string of the molecule is COCCN(C(=O)[C@@H]1CCCNC1)C1CCSC1. The summed E-state index contributed by atoms with van der Waals surface area (Å²) in [5.74, 6) is 2.80. The molecule has 104 valence electrons. The maximum absolute atomic E-state index is 12.6. The highest BCUT2D eigenvalue weighted by Gasteiger charge is 2.31. The first-order chi connectivity index (χ1) is 8.83. The van der Waals surface area contributed by atoms with Crippen LogP contribution in [0.2, 0.25) is 0 Å². The second-order valence-corrected chi connectivity index (χ2v) is 6.23. The van der Waals surface area contributed by atoms with E-state index in [9.17, 15) is 4.79 Å². The molecule has 2 atom stereocenters. The van der Waals surface area contributed by atoms with Crippen LogP contribution in [0.25, 0.3) is 0 Å². The number of amides is 1. The fourth-order valence-corrected chi connectivity index (χ4v) is 3.95. The van der Waals surface area contributed by atoms with Gasteiger partial charge in [0.15, 0.2) is 0 Å². The van der Waals surface area contributed by atoms with Crippen molar-refractivity contribution in [3.05, 3.63) is 0 Å². The third-order valence-electron chi connectivity index (χ3n) is 3.81. The zero-order valence-corrected chi connectivity index (χ0v) is 12.0. The van der Waals surface area contributed by atoms with Gasteiger partial charge in [0.05, 0.1) is 12.5 Å². The third kappa shape index (κ3) is 3.62. The van der Waals surface area contributed by atoms with Crippen LogP contribution in [-0.2, 0) is 9.53 Å². The molecule has 1 amide bonds. The van der Waals surface area contributed by atoms with E-state index in [2.05, 4.69) is 10.2 Å². The number of methoxy groups -OCH3 is 1. The number of nitrogens with one attached hydrogen (secondary N) is 1. The molecular formula is C13H24N2O2S. The van der Waals surface area contributed by atoms with Crippen molar-refractivity contribution in [1.29, 1.82) is 0 Å². The first-order valence-electron chi connectivity index (χ1n) is 6.91. The molecule has 1 N–H and O–H groups in total. The maximum atomic E-state index is 12.6. The highest BCUT2D eigenvalue weighted by Crippen LogP contribution is 2.25. The molecular weight excluding hydrogens is 248 g/mol. The molecule has 0 spiro atoms. The summed E-state index contributed by atoms with van der Waals surface area (Å²) in [5.41, 5.74) is 0. The van der Waals surface area contributed by atoms with E-state index in [1.165, 1.54) is 5.75 Å². The van der Waals surface area contributed by atoms with E-state index in [1.807, 2.05) is 11.8 Å². The van der Waals surface area contributed by atoms with Crippen molar-refractivity contribution in [3.8, 4) is 0 Å². The van der Waals surface area contributed by atoms with Gasteiger partial charge < -0.3 is 15.0 Å². The maximum Gasteiger partial charge on any atom is 0.227 e. The lowest BCUT2D eigenvalue weighted by atomic mass is 9.97. The Kier molecular flexibility index (Phi) is 5.79. The van der Waals surface area contributed by atoms with Gasteiger partial charge in [0.1, 0.15) is 0 Å². The number of hydrogen-bond acceptors (Lipinski definition) is 4. The molecule has 0 aromatic carbocycles. The smallest absolute Gasteiger partial charge is 0.227 e. The number of thioether (sulfide) groups is 1. The van der Waals surface area contributed by atoms with Crippen molar-refractivity contribution < 1.29 is 9.53 Å². The summed E-state index contributed by atoms with van der Waals surface area (Å²) in [4.78, 5) is 14.7. The Bertz CT molecular complexity index is 264. The molecule has 1 unspecified atom stereocenters. The van der Waals surface area contributed by atoms with Gasteiger partial charge in [-0.05, 0) is 31.6 Å². The summed E-state index contributed by atoms with van der Waals surface area (Å²) in [6, 6.07) is 0.430. The van der Waals surface area contributed by atoms with E-state index in [1.54, 1.807) is 7.11 Å². The molecule has 4 nitrogen and oxygen atoms in total. The molecule has 2 aliphatic heterocycles. The summed E-state index contributed by atoms with van der Waals surface area (Å²) in [6.45, 7) is 3.30. The first kappa shape index (κ1) is 14.2. The van der Waals surface area contributed by atoms with E-state index in [0.29, 0.717) is 18.6 Å². The van der Waals surface area contributed by atoms with E-state index in [4.69, 9.17) is 4.74 Å². The Morgan fingerprint density at radius 2 is 2.39 bits per heavy atom. The van der Waals surface area contributed by atoms with E-state index >= 15 is 0 Å². The monoisotopic (exact) mass is 272 g/mol. The molecule has 2 fully saturated rings. The Morgan fingerprint density at radius 3 is 3.00 bits per heavy atom. The molecule has 2 heterocycles. The van der Waals surface area contributed by atoms with Crippen molar-refractivity contribution in [3.63, 3.8) is 0 Å². The summed E-state index contributed by atoms with van der Waals surface area (Å²) in [7, 11) is 1.70. The number of piperidine rings is 1. The molecule has 2 aliphatic rings. The van der Waals surface area contributed by atoms with Crippen LogP contribution >= 0.6 is 11.8 Å². The number of nitrogens with zero attached hydrogens (tertiary/aromatic N) is 1. The Morgan fingerprint density at radius 1 is 1.50 bits per heavy atom. The molecule has 0 bridgehead atoms. The first-order valence-corrected chi connectivity index (χ1v) is 8.06. The lowest BCUT2D eigenvalue weighted by Crippen LogP contribution is -2.48. The van der Waals surface area contributed by atoms with Gasteiger partial charge in [-0.25, -0.2) is 0 Å². The lowest BCUT2D eigenvalue weighted by molar-refractivity contribution is -0.138. The number of carbonyl (C=O) groups is 1. The number of carbonyl (C=O) groups excluding carboxylic acids is 1. The van der Waals surface area contributed by atoms with E-state index in [-0.39, 0.29) is 5.92 Å². The van der Waals surface area contributed by atoms with Crippen LogP contribution in [0.1, 0.15) is 19.3 Å². The van der Waals surface area contributed by atoms with Crippen LogP contribution in [0.5, 0.6) is 0 Å². The standard InChI is InChI=1S/C13H24N2O2S/c1-17-7-6-15(12-4-8-18-10-12)13(16)11-3-2-5-14-9-11/h11-12,14H,2-10H2,1H3/t11-,12?/m1/s1. The van der Waals surface area contributed by atoms with Crippen molar-refractivity contribution in [1.82, 2.24) is 10.2 Å². The predicted octanol–water partition coefficient (Wildman–Crippen LogP) is 0.966. The van der Waals surface area contributed by atoms with Crippen molar-refractivity contribution >= 4 is 17.7 Å². The highest BCUT2D eigenvalue weighted by molar-refractivity contribution is 7.99. The molecule has 0 aliphatic carbocycles. The Balaban J connectivity index is 1.94. The second-order valence-electron chi connectivity index (χ2n) is 5.09. The topological polar surface area (TPSA) is 41.6 Å². The van der Waals surface area contributed by atoms with Gasteiger partial charge in [-0.2, -0.15) is 11.8 Å². The van der Waals surface area contributed by atoms with Crippen molar-refractivity contribution in [2.24, 2.45) is 5.92 Å². The minimum atomic E-state index is 0.182. The molecule has 5 heteroatoms. The summed E-state index contributed by atoms with van der Waals surface area (Å²) >= 11 is 1.96. The fraction of sp³-hybridized carbons (Fsp3) is 0.923. The molecule has 2 saturated heterocycles. The minimum absolute atomic E-state index is 0.182. The van der Waals surface area contributed by atoms with Gasteiger partial charge in [-0.15, -0.1) is 0 Å².